The number of methoxy groups -OCH3 is 1. The molecule has 0 aliphatic carbocycles. The zero-order valence-corrected chi connectivity index (χ0v) is 22.8. The maximum absolute atomic E-state index is 15.1. The summed E-state index contributed by atoms with van der Waals surface area (Å²) in [6, 6.07) is 20.3. The number of likely N-dealkylation sites (N-methyl/N-ethyl adjacent to an activating group) is 1. The van der Waals surface area contributed by atoms with Crippen molar-refractivity contribution in [2.75, 3.05) is 51.1 Å². The summed E-state index contributed by atoms with van der Waals surface area (Å²) in [7, 11) is 5.67. The predicted molar refractivity (Wildman–Crippen MR) is 154 cm³/mol. The van der Waals surface area contributed by atoms with Gasteiger partial charge in [-0.15, -0.1) is 0 Å². The van der Waals surface area contributed by atoms with Crippen LogP contribution in [-0.4, -0.2) is 72.6 Å². The smallest absolute Gasteiger partial charge is 0.254 e. The van der Waals surface area contributed by atoms with Crippen molar-refractivity contribution in [3.8, 4) is 17.0 Å². The molecule has 1 fully saturated rings. The van der Waals surface area contributed by atoms with Crippen LogP contribution in [0.2, 0.25) is 0 Å². The second kappa shape index (κ2) is 10.6. The first-order valence-corrected chi connectivity index (χ1v) is 13.3. The van der Waals surface area contributed by atoms with Gasteiger partial charge in [0.25, 0.3) is 5.91 Å². The molecule has 1 amide bonds. The highest BCUT2D eigenvalue weighted by Crippen LogP contribution is 2.41. The molecule has 0 spiro atoms. The average molecular weight is 539 g/mol. The summed E-state index contributed by atoms with van der Waals surface area (Å²) in [5, 5.41) is 3.26. The van der Waals surface area contributed by atoms with Gasteiger partial charge in [-0.2, -0.15) is 0 Å². The minimum absolute atomic E-state index is 0.0260. The number of nitrogens with one attached hydrogen (secondary N) is 1. The third-order valence-corrected chi connectivity index (χ3v) is 7.61. The molecule has 1 saturated heterocycles. The van der Waals surface area contributed by atoms with Gasteiger partial charge in [0, 0.05) is 54.8 Å². The maximum Gasteiger partial charge on any atom is 0.254 e. The lowest BCUT2D eigenvalue weighted by Crippen LogP contribution is -2.59. The van der Waals surface area contributed by atoms with Crippen LogP contribution in [0, 0.1) is 5.82 Å². The first-order chi connectivity index (χ1) is 19.4. The molecule has 0 bridgehead atoms. The Morgan fingerprint density at radius 2 is 1.88 bits per heavy atom. The molecular weight excluding hydrogens is 507 g/mol. The number of rotatable bonds is 6. The van der Waals surface area contributed by atoms with E-state index >= 15 is 4.39 Å². The van der Waals surface area contributed by atoms with E-state index in [4.69, 9.17) is 9.72 Å². The Balaban J connectivity index is 1.40. The molecule has 3 heterocycles. The van der Waals surface area contributed by atoms with Crippen LogP contribution >= 0.6 is 0 Å². The second-order valence-corrected chi connectivity index (χ2v) is 10.3. The van der Waals surface area contributed by atoms with Crippen molar-refractivity contribution in [3.63, 3.8) is 0 Å². The Hall–Kier alpha value is -4.50. The summed E-state index contributed by atoms with van der Waals surface area (Å²) >= 11 is 0. The molecule has 3 aromatic carbocycles. The number of hydrogen-bond acceptors (Lipinski definition) is 7. The van der Waals surface area contributed by atoms with Gasteiger partial charge in [0.05, 0.1) is 24.2 Å². The number of amides is 1. The molecule has 6 rings (SSSR count). The van der Waals surface area contributed by atoms with Crippen molar-refractivity contribution in [1.82, 2.24) is 19.8 Å². The first kappa shape index (κ1) is 25.8. The molecule has 2 aliphatic heterocycles. The van der Waals surface area contributed by atoms with Crippen LogP contribution in [-0.2, 0) is 6.42 Å². The highest BCUT2D eigenvalue weighted by molar-refractivity contribution is 5.98. The fraction of sp³-hybridized carbons (Fsp3) is 0.258. The molecule has 0 unspecified atom stereocenters. The Labute approximate surface area is 233 Å². The Kier molecular flexibility index (Phi) is 6.81. The van der Waals surface area contributed by atoms with E-state index in [2.05, 4.69) is 15.2 Å². The van der Waals surface area contributed by atoms with Crippen molar-refractivity contribution in [2.45, 2.75) is 12.5 Å². The summed E-state index contributed by atoms with van der Waals surface area (Å²) in [5.41, 5.74) is 5.10. The van der Waals surface area contributed by atoms with Crippen LogP contribution in [0.5, 0.6) is 5.75 Å². The van der Waals surface area contributed by atoms with Gasteiger partial charge in [0.1, 0.15) is 11.6 Å². The third-order valence-electron chi connectivity index (χ3n) is 7.61. The number of nitrogens with zero attached hydrogens (tertiary/aromatic N) is 5. The van der Waals surface area contributed by atoms with E-state index < -0.39 is 0 Å². The van der Waals surface area contributed by atoms with Gasteiger partial charge in [-0.05, 0) is 68.5 Å². The Bertz CT molecular complexity index is 1570. The Morgan fingerprint density at radius 1 is 1.05 bits per heavy atom. The molecule has 1 aromatic heterocycles. The molecule has 4 aromatic rings. The standard InChI is InChI=1S/C31H31FN6O2/c1-36(2)23-18-37(19-23)30(39)20-11-12-25-28(15-20)38(27-10-5-4-9-26(27)32)14-13-21-17-33-31(35-29(21)25)34-22-7-6-8-24(16-22)40-3/h4-12,15-17,23H,13-14,18-19H2,1-3H3,(H,33,34,35). The van der Waals surface area contributed by atoms with Crippen molar-refractivity contribution < 1.29 is 13.9 Å². The van der Waals surface area contributed by atoms with Gasteiger partial charge < -0.3 is 24.8 Å². The lowest BCUT2D eigenvalue weighted by atomic mass is 10.0. The van der Waals surface area contributed by atoms with Gasteiger partial charge in [-0.25, -0.2) is 14.4 Å². The fourth-order valence-corrected chi connectivity index (χ4v) is 5.21. The summed E-state index contributed by atoms with van der Waals surface area (Å²) in [5.74, 6) is 0.816. The largest absolute Gasteiger partial charge is 0.497 e. The molecule has 204 valence electrons. The predicted octanol–water partition coefficient (Wildman–Crippen LogP) is 5.12. The number of carbonyl (C=O) groups excluding carboxylic acids is 1. The van der Waals surface area contributed by atoms with E-state index in [0.29, 0.717) is 49.3 Å². The number of carbonyl (C=O) groups is 1. The van der Waals surface area contributed by atoms with Gasteiger partial charge in [-0.1, -0.05) is 18.2 Å². The maximum atomic E-state index is 15.1. The number of fused-ring (bicyclic) bond motifs is 3. The molecule has 9 heteroatoms. The van der Waals surface area contributed by atoms with Crippen LogP contribution in [0.15, 0.2) is 72.9 Å². The zero-order chi connectivity index (χ0) is 27.8. The SMILES string of the molecule is COc1cccc(Nc2ncc3c(n2)-c2ccc(C(=O)N4CC(N(C)C)C4)cc2N(c2ccccc2F)CC3)c1. The molecule has 0 saturated carbocycles. The van der Waals surface area contributed by atoms with Crippen molar-refractivity contribution in [3.05, 3.63) is 89.9 Å². The molecular formula is C31H31FN6O2. The summed E-state index contributed by atoms with van der Waals surface area (Å²) in [6.45, 7) is 1.89. The van der Waals surface area contributed by atoms with Crippen molar-refractivity contribution in [1.29, 1.82) is 0 Å². The highest BCUT2D eigenvalue weighted by Gasteiger charge is 2.33. The van der Waals surface area contributed by atoms with Crippen LogP contribution in [0.1, 0.15) is 15.9 Å². The molecule has 0 atom stereocenters. The lowest BCUT2D eigenvalue weighted by molar-refractivity contribution is 0.0399. The average Bonchev–Trinajstić information content (AvgIpc) is 3.09. The first-order valence-electron chi connectivity index (χ1n) is 13.3. The minimum Gasteiger partial charge on any atom is -0.497 e. The van der Waals surface area contributed by atoms with Crippen molar-refractivity contribution in [2.24, 2.45) is 0 Å². The monoisotopic (exact) mass is 538 g/mol. The topological polar surface area (TPSA) is 73.8 Å². The Morgan fingerprint density at radius 3 is 2.65 bits per heavy atom. The summed E-state index contributed by atoms with van der Waals surface area (Å²) < 4.78 is 20.4. The third kappa shape index (κ3) is 4.84. The van der Waals surface area contributed by atoms with E-state index in [9.17, 15) is 4.79 Å². The number of halogens is 1. The van der Waals surface area contributed by atoms with Crippen LogP contribution in [0.25, 0.3) is 11.3 Å². The zero-order valence-electron chi connectivity index (χ0n) is 22.8. The lowest BCUT2D eigenvalue weighted by Gasteiger charge is -2.42. The van der Waals surface area contributed by atoms with Crippen LogP contribution in [0.4, 0.5) is 27.4 Å². The summed E-state index contributed by atoms with van der Waals surface area (Å²) in [4.78, 5) is 28.8. The normalized spacial score (nSPS) is 14.7. The summed E-state index contributed by atoms with van der Waals surface area (Å²) in [6.07, 6.45) is 2.43. The molecule has 8 nitrogen and oxygen atoms in total. The molecule has 0 radical (unpaired) electrons. The van der Waals surface area contributed by atoms with E-state index in [1.54, 1.807) is 19.2 Å². The van der Waals surface area contributed by atoms with Gasteiger partial charge in [0.2, 0.25) is 5.95 Å². The highest BCUT2D eigenvalue weighted by atomic mass is 19.1. The molecule has 40 heavy (non-hydrogen) atoms. The number of likely N-dealkylation sites (tertiary alicyclic amines) is 1. The fourth-order valence-electron chi connectivity index (χ4n) is 5.21. The minimum atomic E-state index is -0.320. The molecule has 2 aliphatic rings. The number of aromatic nitrogens is 2. The quantitative estimate of drug-likeness (QED) is 0.366. The number of para-hydroxylation sites is 1. The van der Waals surface area contributed by atoms with Gasteiger partial charge >= 0.3 is 0 Å². The van der Waals surface area contributed by atoms with Gasteiger partial charge in [-0.3, -0.25) is 4.79 Å². The van der Waals surface area contributed by atoms with Crippen LogP contribution in [0.3, 0.4) is 0 Å². The van der Waals surface area contributed by atoms with E-state index in [-0.39, 0.29) is 11.7 Å². The van der Waals surface area contributed by atoms with Crippen LogP contribution < -0.4 is 15.0 Å². The van der Waals surface area contributed by atoms with E-state index in [1.807, 2.05) is 78.6 Å². The second-order valence-electron chi connectivity index (χ2n) is 10.3. The number of benzene rings is 3. The molecule has 1 N–H and O–H groups in total. The number of ether oxygens (including phenoxy) is 1. The van der Waals surface area contributed by atoms with E-state index in [1.165, 1.54) is 6.07 Å². The van der Waals surface area contributed by atoms with Crippen molar-refractivity contribution >= 4 is 28.9 Å². The number of hydrogen-bond donors (Lipinski definition) is 1. The number of anilines is 4. The van der Waals surface area contributed by atoms with Gasteiger partial charge in [0.15, 0.2) is 0 Å². The van der Waals surface area contributed by atoms with E-state index in [0.717, 1.165) is 33.9 Å².